The molecular formula is C13H22N2O. The molecule has 16 heavy (non-hydrogen) atoms. The molecule has 4 unspecified atom stereocenters. The highest BCUT2D eigenvalue weighted by Crippen LogP contribution is 2.42. The molecule has 3 heterocycles. The smallest absolute Gasteiger partial charge is 0.223 e. The Morgan fingerprint density at radius 1 is 1.44 bits per heavy atom. The van der Waals surface area contributed by atoms with E-state index in [4.69, 9.17) is 0 Å². The molecule has 4 rings (SSSR count). The summed E-state index contributed by atoms with van der Waals surface area (Å²) in [6.45, 7) is 7.02. The number of nitrogens with zero attached hydrogens (tertiary/aromatic N) is 1. The van der Waals surface area contributed by atoms with E-state index in [0.717, 1.165) is 24.7 Å². The van der Waals surface area contributed by atoms with Gasteiger partial charge in [-0.25, -0.2) is 0 Å². The van der Waals surface area contributed by atoms with Gasteiger partial charge in [0.2, 0.25) is 5.91 Å². The Hall–Kier alpha value is -0.570. The zero-order chi connectivity index (χ0) is 11.3. The van der Waals surface area contributed by atoms with E-state index in [-0.39, 0.29) is 0 Å². The maximum Gasteiger partial charge on any atom is 0.223 e. The summed E-state index contributed by atoms with van der Waals surface area (Å²) in [5.41, 5.74) is 0. The third-order valence-electron chi connectivity index (χ3n) is 4.65. The molecule has 3 heteroatoms. The lowest BCUT2D eigenvalue weighted by atomic mass is 9.74. The minimum Gasteiger partial charge on any atom is -0.351 e. The minimum atomic E-state index is 0.322. The van der Waals surface area contributed by atoms with Crippen LogP contribution in [0.1, 0.15) is 33.1 Å². The monoisotopic (exact) mass is 222 g/mol. The minimum absolute atomic E-state index is 0.322. The van der Waals surface area contributed by atoms with Gasteiger partial charge in [0.25, 0.3) is 0 Å². The molecule has 0 spiro atoms. The summed E-state index contributed by atoms with van der Waals surface area (Å²) < 4.78 is 0. The first kappa shape index (κ1) is 10.6. The number of amides is 1. The number of nitrogens with one attached hydrogen (secondary N) is 1. The zero-order valence-electron chi connectivity index (χ0n) is 10.3. The molecule has 0 aromatic rings. The lowest BCUT2D eigenvalue weighted by Crippen LogP contribution is -2.59. The second-order valence-electron chi connectivity index (χ2n) is 6.21. The third kappa shape index (κ3) is 1.56. The van der Waals surface area contributed by atoms with Crippen LogP contribution in [0.5, 0.6) is 0 Å². The van der Waals surface area contributed by atoms with E-state index in [1.165, 1.54) is 19.5 Å². The molecule has 0 radical (unpaired) electrons. The Labute approximate surface area is 97.6 Å². The van der Waals surface area contributed by atoms with Gasteiger partial charge in [-0.05, 0) is 37.6 Å². The average Bonchev–Trinajstić information content (AvgIpc) is 2.46. The normalized spacial score (nSPS) is 41.8. The summed E-state index contributed by atoms with van der Waals surface area (Å²) in [5.74, 6) is 2.17. The number of likely N-dealkylation sites (tertiary alicyclic amines) is 1. The van der Waals surface area contributed by atoms with E-state index in [9.17, 15) is 4.79 Å². The van der Waals surface area contributed by atoms with Crippen molar-refractivity contribution >= 4 is 5.91 Å². The van der Waals surface area contributed by atoms with Gasteiger partial charge in [-0.1, -0.05) is 13.8 Å². The fourth-order valence-corrected chi connectivity index (χ4v) is 3.75. The van der Waals surface area contributed by atoms with Crippen LogP contribution in [-0.2, 0) is 4.79 Å². The maximum atomic E-state index is 11.6. The number of carbonyl (C=O) groups is 1. The molecule has 0 aromatic carbocycles. The Morgan fingerprint density at radius 3 is 2.94 bits per heavy atom. The van der Waals surface area contributed by atoms with E-state index in [1.807, 2.05) is 0 Å². The summed E-state index contributed by atoms with van der Waals surface area (Å²) in [5, 5.41) is 3.21. The molecule has 0 aromatic heterocycles. The Balaban J connectivity index is 1.67. The number of piperidine rings is 2. The lowest BCUT2D eigenvalue weighted by Gasteiger charge is -2.42. The van der Waals surface area contributed by atoms with E-state index >= 15 is 0 Å². The molecule has 4 atom stereocenters. The Morgan fingerprint density at radius 2 is 2.25 bits per heavy atom. The molecule has 4 fully saturated rings. The summed E-state index contributed by atoms with van der Waals surface area (Å²) in [4.78, 5) is 14.3. The van der Waals surface area contributed by atoms with Gasteiger partial charge in [-0.2, -0.15) is 0 Å². The fourth-order valence-electron chi connectivity index (χ4n) is 3.75. The molecule has 3 aliphatic heterocycles. The summed E-state index contributed by atoms with van der Waals surface area (Å²) in [6, 6.07) is 1.13. The van der Waals surface area contributed by atoms with Crippen LogP contribution >= 0.6 is 0 Å². The topological polar surface area (TPSA) is 32.3 Å². The van der Waals surface area contributed by atoms with E-state index in [1.54, 1.807) is 0 Å². The van der Waals surface area contributed by atoms with Crippen molar-refractivity contribution in [1.29, 1.82) is 0 Å². The van der Waals surface area contributed by atoms with Gasteiger partial charge in [0.05, 0.1) is 0 Å². The summed E-state index contributed by atoms with van der Waals surface area (Å²) >= 11 is 0. The van der Waals surface area contributed by atoms with Crippen LogP contribution in [0.2, 0.25) is 0 Å². The van der Waals surface area contributed by atoms with E-state index in [2.05, 4.69) is 24.1 Å². The Kier molecular flexibility index (Phi) is 2.46. The van der Waals surface area contributed by atoms with Crippen molar-refractivity contribution in [2.45, 2.75) is 45.2 Å². The van der Waals surface area contributed by atoms with Crippen molar-refractivity contribution in [3.05, 3.63) is 0 Å². The SMILES string of the molecule is CC(C)CCN1CC2CC3CC1C2NC3=O. The third-order valence-corrected chi connectivity index (χ3v) is 4.65. The molecule has 1 saturated carbocycles. The maximum absolute atomic E-state index is 11.6. The summed E-state index contributed by atoms with van der Waals surface area (Å²) in [7, 11) is 0. The van der Waals surface area contributed by atoms with E-state index in [0.29, 0.717) is 23.9 Å². The van der Waals surface area contributed by atoms with Gasteiger partial charge >= 0.3 is 0 Å². The fraction of sp³-hybridized carbons (Fsp3) is 0.923. The molecule has 3 nitrogen and oxygen atoms in total. The Bertz CT molecular complexity index is 302. The number of rotatable bonds is 3. The van der Waals surface area contributed by atoms with Crippen LogP contribution in [-0.4, -0.2) is 36.0 Å². The highest BCUT2D eigenvalue weighted by atomic mass is 16.2. The van der Waals surface area contributed by atoms with Crippen molar-refractivity contribution in [3.8, 4) is 0 Å². The van der Waals surface area contributed by atoms with E-state index < -0.39 is 0 Å². The van der Waals surface area contributed by atoms with Gasteiger partial charge in [-0.3, -0.25) is 9.69 Å². The lowest BCUT2D eigenvalue weighted by molar-refractivity contribution is -0.132. The predicted octanol–water partition coefficient (Wildman–Crippen LogP) is 1.24. The largest absolute Gasteiger partial charge is 0.351 e. The van der Waals surface area contributed by atoms with Gasteiger partial charge in [0.1, 0.15) is 0 Å². The quantitative estimate of drug-likeness (QED) is 0.779. The second kappa shape index (κ2) is 3.73. The van der Waals surface area contributed by atoms with Crippen molar-refractivity contribution in [1.82, 2.24) is 10.2 Å². The van der Waals surface area contributed by atoms with Crippen LogP contribution in [0.25, 0.3) is 0 Å². The standard InChI is InChI=1S/C13H22N2O/c1-8(2)3-4-15-7-10-5-9-6-11(15)12(10)14-13(9)16/h8-12H,3-7H2,1-2H3,(H,14,16). The predicted molar refractivity (Wildman–Crippen MR) is 63.0 cm³/mol. The van der Waals surface area contributed by atoms with Gasteiger partial charge in [0, 0.05) is 24.5 Å². The zero-order valence-corrected chi connectivity index (χ0v) is 10.3. The van der Waals surface area contributed by atoms with Gasteiger partial charge < -0.3 is 5.32 Å². The van der Waals surface area contributed by atoms with Crippen LogP contribution in [0.15, 0.2) is 0 Å². The molecule has 3 saturated heterocycles. The first-order valence-electron chi connectivity index (χ1n) is 6.69. The van der Waals surface area contributed by atoms with Crippen LogP contribution in [0.3, 0.4) is 0 Å². The summed E-state index contributed by atoms with van der Waals surface area (Å²) in [6.07, 6.45) is 3.55. The van der Waals surface area contributed by atoms with Crippen molar-refractivity contribution in [2.75, 3.05) is 13.1 Å². The van der Waals surface area contributed by atoms with Crippen molar-refractivity contribution in [3.63, 3.8) is 0 Å². The first-order chi connectivity index (χ1) is 7.65. The molecule has 1 amide bonds. The molecule has 90 valence electrons. The molecule has 4 bridgehead atoms. The number of hydrogen-bond donors (Lipinski definition) is 1. The number of carbonyl (C=O) groups excluding carboxylic acids is 1. The highest BCUT2D eigenvalue weighted by Gasteiger charge is 2.53. The van der Waals surface area contributed by atoms with Crippen LogP contribution < -0.4 is 5.32 Å². The van der Waals surface area contributed by atoms with Crippen LogP contribution in [0.4, 0.5) is 0 Å². The van der Waals surface area contributed by atoms with Crippen LogP contribution in [0, 0.1) is 17.8 Å². The molecule has 1 aliphatic carbocycles. The molecule has 1 N–H and O–H groups in total. The number of hydrogen-bond acceptors (Lipinski definition) is 2. The van der Waals surface area contributed by atoms with Crippen molar-refractivity contribution < 1.29 is 4.79 Å². The highest BCUT2D eigenvalue weighted by molar-refractivity contribution is 5.81. The first-order valence-corrected chi connectivity index (χ1v) is 6.69. The average molecular weight is 222 g/mol. The number of fused-ring (bicyclic) bond motifs is 1. The van der Waals surface area contributed by atoms with Crippen molar-refractivity contribution in [2.24, 2.45) is 17.8 Å². The second-order valence-corrected chi connectivity index (χ2v) is 6.21. The van der Waals surface area contributed by atoms with Gasteiger partial charge in [0.15, 0.2) is 0 Å². The van der Waals surface area contributed by atoms with Gasteiger partial charge in [-0.15, -0.1) is 0 Å². The molecular weight excluding hydrogens is 200 g/mol. The molecule has 4 aliphatic rings.